The highest BCUT2D eigenvalue weighted by Crippen LogP contribution is 2.20. The summed E-state index contributed by atoms with van der Waals surface area (Å²) >= 11 is 0. The van der Waals surface area contributed by atoms with E-state index in [2.05, 4.69) is 55.4 Å². The molecular weight excluding hydrogens is 232 g/mol. The molecule has 0 spiro atoms. The Labute approximate surface area is 118 Å². The van der Waals surface area contributed by atoms with Crippen LogP contribution in [0.25, 0.3) is 0 Å². The van der Waals surface area contributed by atoms with E-state index in [-0.39, 0.29) is 0 Å². The Morgan fingerprint density at radius 2 is 1.79 bits per heavy atom. The zero-order valence-corrected chi connectivity index (χ0v) is 12.7. The van der Waals surface area contributed by atoms with E-state index in [0.717, 1.165) is 12.5 Å². The first-order valence-corrected chi connectivity index (χ1v) is 7.65. The smallest absolute Gasteiger partial charge is 0.0233 e. The fraction of sp³-hybridized carbons (Fsp3) is 0.647. The van der Waals surface area contributed by atoms with Crippen molar-refractivity contribution >= 4 is 0 Å². The third-order valence-corrected chi connectivity index (χ3v) is 4.25. The van der Waals surface area contributed by atoms with Crippen LogP contribution < -0.4 is 5.32 Å². The van der Waals surface area contributed by atoms with Crippen molar-refractivity contribution in [3.8, 4) is 0 Å². The molecule has 1 heterocycles. The van der Waals surface area contributed by atoms with Crippen LogP contribution >= 0.6 is 0 Å². The minimum Gasteiger partial charge on any atom is -0.319 e. The average Bonchev–Trinajstić information content (AvgIpc) is 2.42. The predicted molar refractivity (Wildman–Crippen MR) is 82.5 cm³/mol. The van der Waals surface area contributed by atoms with Gasteiger partial charge in [-0.15, -0.1) is 0 Å². The van der Waals surface area contributed by atoms with Gasteiger partial charge in [-0.05, 0) is 62.5 Å². The Morgan fingerprint density at radius 1 is 1.16 bits per heavy atom. The number of nitrogens with zero attached hydrogens (tertiary/aromatic N) is 1. The fourth-order valence-electron chi connectivity index (χ4n) is 2.90. The summed E-state index contributed by atoms with van der Waals surface area (Å²) < 4.78 is 0. The van der Waals surface area contributed by atoms with E-state index in [1.54, 1.807) is 0 Å². The standard InChI is InChI=1S/C17H28N2/c1-14(2)17-6-4-16(5-7-17)13-19-10-8-15(9-11-19)12-18-3/h4-7,14-15,18H,8-13H2,1-3H3. The molecule has 0 saturated carbocycles. The quantitative estimate of drug-likeness (QED) is 0.874. The number of rotatable bonds is 5. The first-order chi connectivity index (χ1) is 9.19. The molecule has 0 aliphatic carbocycles. The van der Waals surface area contributed by atoms with Gasteiger partial charge in [0, 0.05) is 6.54 Å². The molecule has 1 aliphatic rings. The van der Waals surface area contributed by atoms with Gasteiger partial charge in [0.2, 0.25) is 0 Å². The zero-order valence-electron chi connectivity index (χ0n) is 12.7. The molecule has 2 rings (SSSR count). The van der Waals surface area contributed by atoms with Gasteiger partial charge in [-0.2, -0.15) is 0 Å². The van der Waals surface area contributed by atoms with E-state index in [1.807, 2.05) is 0 Å². The van der Waals surface area contributed by atoms with E-state index in [9.17, 15) is 0 Å². The first-order valence-electron chi connectivity index (χ1n) is 7.65. The third kappa shape index (κ3) is 4.32. The molecule has 106 valence electrons. The van der Waals surface area contributed by atoms with Crippen LogP contribution in [0.1, 0.15) is 43.7 Å². The molecule has 2 nitrogen and oxygen atoms in total. The van der Waals surface area contributed by atoms with E-state index in [0.29, 0.717) is 5.92 Å². The summed E-state index contributed by atoms with van der Waals surface area (Å²) in [4.78, 5) is 2.59. The van der Waals surface area contributed by atoms with Crippen molar-refractivity contribution in [3.05, 3.63) is 35.4 Å². The van der Waals surface area contributed by atoms with Crippen molar-refractivity contribution in [3.63, 3.8) is 0 Å². The summed E-state index contributed by atoms with van der Waals surface area (Å²) in [7, 11) is 2.06. The van der Waals surface area contributed by atoms with Gasteiger partial charge in [-0.25, -0.2) is 0 Å². The summed E-state index contributed by atoms with van der Waals surface area (Å²) in [6, 6.07) is 9.17. The van der Waals surface area contributed by atoms with E-state index >= 15 is 0 Å². The second kappa shape index (κ2) is 7.06. The van der Waals surface area contributed by atoms with Gasteiger partial charge in [0.1, 0.15) is 0 Å². The van der Waals surface area contributed by atoms with Crippen LogP contribution in [0.2, 0.25) is 0 Å². The lowest BCUT2D eigenvalue weighted by Crippen LogP contribution is -2.36. The van der Waals surface area contributed by atoms with Crippen LogP contribution in [0.3, 0.4) is 0 Å². The molecule has 0 unspecified atom stereocenters. The Kier molecular flexibility index (Phi) is 5.41. The molecular formula is C17H28N2. The number of likely N-dealkylation sites (tertiary alicyclic amines) is 1. The van der Waals surface area contributed by atoms with Gasteiger partial charge in [-0.3, -0.25) is 4.90 Å². The van der Waals surface area contributed by atoms with Gasteiger partial charge in [0.25, 0.3) is 0 Å². The second-order valence-corrected chi connectivity index (χ2v) is 6.17. The Morgan fingerprint density at radius 3 is 2.32 bits per heavy atom. The van der Waals surface area contributed by atoms with Crippen molar-refractivity contribution < 1.29 is 0 Å². The average molecular weight is 260 g/mol. The van der Waals surface area contributed by atoms with Gasteiger partial charge >= 0.3 is 0 Å². The van der Waals surface area contributed by atoms with Gasteiger partial charge in [-0.1, -0.05) is 38.1 Å². The maximum absolute atomic E-state index is 3.30. The molecule has 1 aliphatic heterocycles. The van der Waals surface area contributed by atoms with Crippen molar-refractivity contribution in [2.45, 2.75) is 39.2 Å². The Bertz CT molecular complexity index is 361. The SMILES string of the molecule is CNCC1CCN(Cc2ccc(C(C)C)cc2)CC1. The first kappa shape index (κ1) is 14.5. The molecule has 0 radical (unpaired) electrons. The van der Waals surface area contributed by atoms with Crippen molar-refractivity contribution in [1.82, 2.24) is 10.2 Å². The van der Waals surface area contributed by atoms with Crippen LogP contribution in [0.15, 0.2) is 24.3 Å². The molecule has 1 aromatic rings. The molecule has 0 bridgehead atoms. The fourth-order valence-corrected chi connectivity index (χ4v) is 2.90. The molecule has 0 amide bonds. The second-order valence-electron chi connectivity index (χ2n) is 6.17. The summed E-state index contributed by atoms with van der Waals surface area (Å²) in [5.74, 6) is 1.51. The van der Waals surface area contributed by atoms with E-state index in [1.165, 1.54) is 43.6 Å². The number of benzene rings is 1. The van der Waals surface area contributed by atoms with Crippen LogP contribution in [-0.4, -0.2) is 31.6 Å². The molecule has 1 N–H and O–H groups in total. The topological polar surface area (TPSA) is 15.3 Å². The minimum absolute atomic E-state index is 0.631. The predicted octanol–water partition coefficient (Wildman–Crippen LogP) is 3.24. The number of piperidine rings is 1. The Hall–Kier alpha value is -0.860. The van der Waals surface area contributed by atoms with Crippen molar-refractivity contribution in [2.24, 2.45) is 5.92 Å². The maximum Gasteiger partial charge on any atom is 0.0233 e. The van der Waals surface area contributed by atoms with Crippen molar-refractivity contribution in [2.75, 3.05) is 26.7 Å². The Balaban J connectivity index is 1.82. The summed E-state index contributed by atoms with van der Waals surface area (Å²) in [5, 5.41) is 3.30. The molecule has 0 aromatic heterocycles. The van der Waals surface area contributed by atoms with Crippen LogP contribution in [0, 0.1) is 5.92 Å². The molecule has 1 aromatic carbocycles. The van der Waals surface area contributed by atoms with Crippen LogP contribution in [0.5, 0.6) is 0 Å². The van der Waals surface area contributed by atoms with Gasteiger partial charge < -0.3 is 5.32 Å². The summed E-state index contributed by atoms with van der Waals surface area (Å²) in [6.45, 7) is 9.29. The van der Waals surface area contributed by atoms with E-state index < -0.39 is 0 Å². The maximum atomic E-state index is 3.30. The molecule has 2 heteroatoms. The lowest BCUT2D eigenvalue weighted by Gasteiger charge is -2.31. The number of nitrogens with one attached hydrogen (secondary N) is 1. The number of hydrogen-bond donors (Lipinski definition) is 1. The third-order valence-electron chi connectivity index (χ3n) is 4.25. The molecule has 1 saturated heterocycles. The largest absolute Gasteiger partial charge is 0.319 e. The van der Waals surface area contributed by atoms with Crippen LogP contribution in [-0.2, 0) is 6.54 Å². The lowest BCUT2D eigenvalue weighted by molar-refractivity contribution is 0.177. The molecule has 1 fully saturated rings. The summed E-state index contributed by atoms with van der Waals surface area (Å²) in [6.07, 6.45) is 2.68. The van der Waals surface area contributed by atoms with E-state index in [4.69, 9.17) is 0 Å². The highest BCUT2D eigenvalue weighted by Gasteiger charge is 2.18. The minimum atomic E-state index is 0.631. The van der Waals surface area contributed by atoms with Crippen LogP contribution in [0.4, 0.5) is 0 Å². The van der Waals surface area contributed by atoms with Gasteiger partial charge in [0.05, 0.1) is 0 Å². The summed E-state index contributed by atoms with van der Waals surface area (Å²) in [5.41, 5.74) is 2.90. The monoisotopic (exact) mass is 260 g/mol. The molecule has 0 atom stereocenters. The zero-order chi connectivity index (χ0) is 13.7. The van der Waals surface area contributed by atoms with Gasteiger partial charge in [0.15, 0.2) is 0 Å². The van der Waals surface area contributed by atoms with Crippen molar-refractivity contribution in [1.29, 1.82) is 0 Å². The molecule has 19 heavy (non-hydrogen) atoms. The normalized spacial score (nSPS) is 18.1. The highest BCUT2D eigenvalue weighted by molar-refractivity contribution is 5.24. The number of hydrogen-bond acceptors (Lipinski definition) is 2. The highest BCUT2D eigenvalue weighted by atomic mass is 15.1. The lowest BCUT2D eigenvalue weighted by atomic mass is 9.96.